The van der Waals surface area contributed by atoms with Gasteiger partial charge in [0, 0.05) is 25.9 Å². The Morgan fingerprint density at radius 3 is 2.33 bits per heavy atom. The fourth-order valence-corrected chi connectivity index (χ4v) is 4.08. The van der Waals surface area contributed by atoms with Gasteiger partial charge in [-0.05, 0) is 25.5 Å². The van der Waals surface area contributed by atoms with Crippen molar-refractivity contribution in [3.8, 4) is 16.9 Å². The second-order valence-electron chi connectivity index (χ2n) is 7.67. The third kappa shape index (κ3) is 2.41. The molecule has 0 amide bonds. The summed E-state index contributed by atoms with van der Waals surface area (Å²) >= 11 is 0. The fourth-order valence-electron chi connectivity index (χ4n) is 4.08. The van der Waals surface area contributed by atoms with E-state index >= 15 is 0 Å². The number of fused-ring (bicyclic) bond motifs is 3. The molecule has 7 heteroatoms. The molecule has 5 rings (SSSR count). The van der Waals surface area contributed by atoms with E-state index in [1.165, 1.54) is 17.2 Å². The van der Waals surface area contributed by atoms with E-state index in [4.69, 9.17) is 4.98 Å². The van der Waals surface area contributed by atoms with Crippen LogP contribution in [0.4, 0.5) is 0 Å². The summed E-state index contributed by atoms with van der Waals surface area (Å²) < 4.78 is 6.37. The molecular formula is C23H21N5O2. The van der Waals surface area contributed by atoms with E-state index < -0.39 is 5.69 Å². The van der Waals surface area contributed by atoms with E-state index in [0.717, 1.165) is 27.1 Å². The number of aryl methyl sites for hydroxylation is 3. The molecule has 7 nitrogen and oxygen atoms in total. The SMILES string of the molecule is Cc1ccc(-n2c(-c3ccccc3)cn3c4c(=O)n(C)c(=O)n(C)c4nc23)c(C)c1. The lowest BCUT2D eigenvalue weighted by molar-refractivity contribution is 0.708. The first-order valence-corrected chi connectivity index (χ1v) is 9.71. The minimum absolute atomic E-state index is 0.363. The maximum atomic E-state index is 13.0. The van der Waals surface area contributed by atoms with Crippen LogP contribution in [0.3, 0.4) is 0 Å². The zero-order chi connectivity index (χ0) is 21.2. The number of benzene rings is 2. The molecule has 3 heterocycles. The molecule has 0 saturated heterocycles. The standard InChI is InChI=1S/C23H21N5O2/c1-14-10-11-17(15(2)12-14)28-18(16-8-6-5-7-9-16)13-27-19-20(24-22(27)28)25(3)23(30)26(4)21(19)29/h5-13H,1-4H3. The van der Waals surface area contributed by atoms with Crippen LogP contribution in [0.15, 0.2) is 64.3 Å². The fraction of sp³-hybridized carbons (Fsp3) is 0.174. The second-order valence-corrected chi connectivity index (χ2v) is 7.67. The molecule has 0 saturated carbocycles. The predicted octanol–water partition coefficient (Wildman–Crippen LogP) is 2.96. The van der Waals surface area contributed by atoms with Crippen molar-refractivity contribution >= 4 is 16.9 Å². The second kappa shape index (κ2) is 6.32. The Labute approximate surface area is 172 Å². The quantitative estimate of drug-likeness (QED) is 0.458. The highest BCUT2D eigenvalue weighted by atomic mass is 16.2. The molecule has 0 spiro atoms. The van der Waals surface area contributed by atoms with E-state index in [1.807, 2.05) is 41.1 Å². The third-order valence-electron chi connectivity index (χ3n) is 5.63. The van der Waals surface area contributed by atoms with Crippen molar-refractivity contribution in [1.29, 1.82) is 0 Å². The first-order chi connectivity index (χ1) is 14.4. The third-order valence-corrected chi connectivity index (χ3v) is 5.63. The van der Waals surface area contributed by atoms with E-state index in [2.05, 4.69) is 32.0 Å². The van der Waals surface area contributed by atoms with Gasteiger partial charge in [0.1, 0.15) is 0 Å². The summed E-state index contributed by atoms with van der Waals surface area (Å²) in [5, 5.41) is 0. The highest BCUT2D eigenvalue weighted by Crippen LogP contribution is 2.30. The van der Waals surface area contributed by atoms with Crippen LogP contribution >= 0.6 is 0 Å². The molecule has 2 aromatic carbocycles. The summed E-state index contributed by atoms with van der Waals surface area (Å²) in [4.78, 5) is 30.1. The smallest absolute Gasteiger partial charge is 0.279 e. The average molecular weight is 399 g/mol. The predicted molar refractivity (Wildman–Crippen MR) is 117 cm³/mol. The summed E-state index contributed by atoms with van der Waals surface area (Å²) in [7, 11) is 3.12. The molecule has 5 aromatic rings. The Kier molecular flexibility index (Phi) is 3.83. The van der Waals surface area contributed by atoms with Crippen LogP contribution in [-0.4, -0.2) is 23.1 Å². The number of nitrogens with zero attached hydrogens (tertiary/aromatic N) is 5. The highest BCUT2D eigenvalue weighted by molar-refractivity contribution is 5.79. The molecule has 3 aromatic heterocycles. The van der Waals surface area contributed by atoms with Crippen LogP contribution in [0.25, 0.3) is 33.9 Å². The van der Waals surface area contributed by atoms with Crippen molar-refractivity contribution in [2.45, 2.75) is 13.8 Å². The maximum absolute atomic E-state index is 13.0. The van der Waals surface area contributed by atoms with Crippen LogP contribution in [-0.2, 0) is 14.1 Å². The van der Waals surface area contributed by atoms with Crippen molar-refractivity contribution in [3.05, 3.63) is 86.7 Å². The number of hydrogen-bond acceptors (Lipinski definition) is 3. The molecule has 0 bridgehead atoms. The lowest BCUT2D eigenvalue weighted by Gasteiger charge is -2.12. The normalized spacial score (nSPS) is 11.6. The minimum Gasteiger partial charge on any atom is -0.279 e. The number of aromatic nitrogens is 5. The first-order valence-electron chi connectivity index (χ1n) is 9.71. The number of rotatable bonds is 2. The van der Waals surface area contributed by atoms with Crippen LogP contribution in [0.5, 0.6) is 0 Å². The molecule has 0 aliphatic heterocycles. The zero-order valence-corrected chi connectivity index (χ0v) is 17.2. The van der Waals surface area contributed by atoms with Crippen molar-refractivity contribution in [3.63, 3.8) is 0 Å². The molecule has 0 fully saturated rings. The van der Waals surface area contributed by atoms with Gasteiger partial charge in [-0.1, -0.05) is 48.0 Å². The van der Waals surface area contributed by atoms with Crippen LogP contribution in [0.2, 0.25) is 0 Å². The summed E-state index contributed by atoms with van der Waals surface area (Å²) in [6.07, 6.45) is 1.92. The van der Waals surface area contributed by atoms with Gasteiger partial charge in [0.2, 0.25) is 5.78 Å². The summed E-state index contributed by atoms with van der Waals surface area (Å²) in [5.74, 6) is 0.592. The molecule has 0 aliphatic rings. The lowest BCUT2D eigenvalue weighted by Crippen LogP contribution is -2.37. The van der Waals surface area contributed by atoms with Gasteiger partial charge in [0.25, 0.3) is 5.56 Å². The summed E-state index contributed by atoms with van der Waals surface area (Å²) in [5.41, 5.74) is 5.18. The minimum atomic E-state index is -0.394. The Balaban J connectivity index is 2.00. The molecule has 30 heavy (non-hydrogen) atoms. The summed E-state index contributed by atoms with van der Waals surface area (Å²) in [6, 6.07) is 16.3. The van der Waals surface area contributed by atoms with Crippen molar-refractivity contribution < 1.29 is 0 Å². The lowest BCUT2D eigenvalue weighted by atomic mass is 10.1. The number of hydrogen-bond donors (Lipinski definition) is 0. The van der Waals surface area contributed by atoms with Gasteiger partial charge in [0.05, 0.1) is 11.4 Å². The van der Waals surface area contributed by atoms with Gasteiger partial charge < -0.3 is 0 Å². The van der Waals surface area contributed by atoms with Crippen LogP contribution in [0, 0.1) is 13.8 Å². The topological polar surface area (TPSA) is 66.2 Å². The molecule has 0 N–H and O–H groups in total. The van der Waals surface area contributed by atoms with Crippen molar-refractivity contribution in [2.24, 2.45) is 14.1 Å². The van der Waals surface area contributed by atoms with Gasteiger partial charge in [-0.2, -0.15) is 4.98 Å². The van der Waals surface area contributed by atoms with Crippen molar-refractivity contribution in [1.82, 2.24) is 23.1 Å². The van der Waals surface area contributed by atoms with Gasteiger partial charge >= 0.3 is 5.69 Å². The van der Waals surface area contributed by atoms with Gasteiger partial charge in [-0.25, -0.2) is 4.79 Å². The maximum Gasteiger partial charge on any atom is 0.332 e. The van der Waals surface area contributed by atoms with E-state index in [-0.39, 0.29) is 5.56 Å². The summed E-state index contributed by atoms with van der Waals surface area (Å²) in [6.45, 7) is 4.12. The van der Waals surface area contributed by atoms with Gasteiger partial charge in [-0.3, -0.25) is 22.9 Å². The van der Waals surface area contributed by atoms with Crippen molar-refractivity contribution in [2.75, 3.05) is 0 Å². The van der Waals surface area contributed by atoms with Gasteiger partial charge in [-0.15, -0.1) is 0 Å². The van der Waals surface area contributed by atoms with Gasteiger partial charge in [0.15, 0.2) is 11.2 Å². The van der Waals surface area contributed by atoms with E-state index in [9.17, 15) is 9.59 Å². The Morgan fingerprint density at radius 2 is 1.63 bits per heavy atom. The zero-order valence-electron chi connectivity index (χ0n) is 17.2. The van der Waals surface area contributed by atoms with Crippen LogP contribution < -0.4 is 11.2 Å². The first kappa shape index (κ1) is 18.2. The number of imidazole rings is 2. The Morgan fingerprint density at radius 1 is 0.900 bits per heavy atom. The van der Waals surface area contributed by atoms with E-state index in [1.54, 1.807) is 11.4 Å². The molecular weight excluding hydrogens is 378 g/mol. The average Bonchev–Trinajstić information content (AvgIpc) is 3.28. The van der Waals surface area contributed by atoms with Crippen LogP contribution in [0.1, 0.15) is 11.1 Å². The molecule has 0 atom stereocenters. The largest absolute Gasteiger partial charge is 0.332 e. The molecule has 150 valence electrons. The monoisotopic (exact) mass is 399 g/mol. The highest BCUT2D eigenvalue weighted by Gasteiger charge is 2.22. The Hall–Kier alpha value is -3.87. The molecule has 0 aliphatic carbocycles. The molecule has 0 radical (unpaired) electrons. The van der Waals surface area contributed by atoms with E-state index in [0.29, 0.717) is 16.9 Å². The Bertz CT molecular complexity index is 1570. The molecule has 0 unspecified atom stereocenters.